The Morgan fingerprint density at radius 1 is 1.04 bits per heavy atom. The van der Waals surface area contributed by atoms with Crippen LogP contribution in [0.4, 0.5) is 0 Å². The third-order valence-electron chi connectivity index (χ3n) is 3.39. The first-order valence-electron chi connectivity index (χ1n) is 7.30. The normalized spacial score (nSPS) is 10.3. The van der Waals surface area contributed by atoms with Crippen LogP contribution in [-0.2, 0) is 17.1 Å². The molecule has 0 unspecified atom stereocenters. The highest BCUT2D eigenvalue weighted by Crippen LogP contribution is 2.15. The molecule has 4 nitrogen and oxygen atoms in total. The summed E-state index contributed by atoms with van der Waals surface area (Å²) in [6.45, 7) is 0.609. The molecule has 2 aromatic rings. The maximum absolute atomic E-state index is 12.1. The predicted octanol–water partition coefficient (Wildman–Crippen LogP) is 2.68. The van der Waals surface area contributed by atoms with E-state index in [0.29, 0.717) is 23.6 Å². The third-order valence-corrected chi connectivity index (χ3v) is 4.38. The van der Waals surface area contributed by atoms with Gasteiger partial charge in [-0.25, -0.2) is 0 Å². The van der Waals surface area contributed by atoms with Gasteiger partial charge in [0, 0.05) is 24.9 Å². The molecule has 0 saturated heterocycles. The molecule has 0 atom stereocenters. The van der Waals surface area contributed by atoms with E-state index in [2.05, 4.69) is 0 Å². The van der Waals surface area contributed by atoms with Gasteiger partial charge in [0.25, 0.3) is 0 Å². The van der Waals surface area contributed by atoms with Crippen molar-refractivity contribution in [1.82, 2.24) is 4.90 Å². The van der Waals surface area contributed by atoms with Crippen LogP contribution in [0.5, 0.6) is 0 Å². The van der Waals surface area contributed by atoms with E-state index < -0.39 is 5.91 Å². The zero-order chi connectivity index (χ0) is 16.7. The molecule has 0 aliphatic heterocycles. The number of primary amides is 1. The van der Waals surface area contributed by atoms with Gasteiger partial charge < -0.3 is 10.6 Å². The molecule has 120 valence electrons. The van der Waals surface area contributed by atoms with Crippen molar-refractivity contribution in [2.75, 3.05) is 12.8 Å². The summed E-state index contributed by atoms with van der Waals surface area (Å²) < 4.78 is 0. The van der Waals surface area contributed by atoms with Gasteiger partial charge >= 0.3 is 0 Å². The summed E-state index contributed by atoms with van der Waals surface area (Å²) >= 11 is 1.53. The number of carbonyl (C=O) groups excluding carboxylic acids is 2. The molecule has 2 amide bonds. The molecule has 2 N–H and O–H groups in total. The Balaban J connectivity index is 1.80. The highest BCUT2D eigenvalue weighted by molar-refractivity contribution is 7.99. The van der Waals surface area contributed by atoms with E-state index in [1.807, 2.05) is 43.4 Å². The molecule has 23 heavy (non-hydrogen) atoms. The number of thioether (sulfide) groups is 1. The van der Waals surface area contributed by atoms with Crippen LogP contribution in [0.2, 0.25) is 0 Å². The number of amides is 2. The molecule has 0 spiro atoms. The second kappa shape index (κ2) is 8.39. The highest BCUT2D eigenvalue weighted by atomic mass is 32.2. The number of rotatable bonds is 7. The molecule has 0 aromatic heterocycles. The average Bonchev–Trinajstić information content (AvgIpc) is 2.56. The fraction of sp³-hybridized carbons (Fsp3) is 0.222. The molecule has 5 heteroatoms. The molecule has 0 bridgehead atoms. The molecular weight excluding hydrogens is 308 g/mol. The van der Waals surface area contributed by atoms with Crippen molar-refractivity contribution < 1.29 is 9.59 Å². The zero-order valence-corrected chi connectivity index (χ0v) is 13.9. The quantitative estimate of drug-likeness (QED) is 0.850. The van der Waals surface area contributed by atoms with Gasteiger partial charge in [0.2, 0.25) is 11.8 Å². The number of benzene rings is 2. The Morgan fingerprint density at radius 2 is 1.74 bits per heavy atom. The lowest BCUT2D eigenvalue weighted by Crippen LogP contribution is -2.27. The smallest absolute Gasteiger partial charge is 0.248 e. The highest BCUT2D eigenvalue weighted by Gasteiger charge is 2.09. The van der Waals surface area contributed by atoms with Gasteiger partial charge in [0.1, 0.15) is 0 Å². The Hall–Kier alpha value is -2.27. The van der Waals surface area contributed by atoms with E-state index in [0.717, 1.165) is 11.1 Å². The summed E-state index contributed by atoms with van der Waals surface area (Å²) in [5.41, 5.74) is 7.87. The van der Waals surface area contributed by atoms with E-state index in [1.165, 1.54) is 11.8 Å². The summed E-state index contributed by atoms with van der Waals surface area (Å²) in [5.74, 6) is 0.733. The summed E-state index contributed by atoms with van der Waals surface area (Å²) in [6.07, 6.45) is 0. The van der Waals surface area contributed by atoms with Crippen molar-refractivity contribution in [3.8, 4) is 0 Å². The van der Waals surface area contributed by atoms with Crippen LogP contribution >= 0.6 is 11.8 Å². The minimum absolute atomic E-state index is 0.0879. The van der Waals surface area contributed by atoms with Crippen molar-refractivity contribution in [1.29, 1.82) is 0 Å². The van der Waals surface area contributed by atoms with Crippen LogP contribution < -0.4 is 5.73 Å². The van der Waals surface area contributed by atoms with Crippen LogP contribution in [-0.4, -0.2) is 29.5 Å². The van der Waals surface area contributed by atoms with Crippen molar-refractivity contribution >= 4 is 23.6 Å². The minimum atomic E-state index is -0.435. The van der Waals surface area contributed by atoms with E-state index in [9.17, 15) is 9.59 Å². The van der Waals surface area contributed by atoms with Crippen LogP contribution in [0.25, 0.3) is 0 Å². The minimum Gasteiger partial charge on any atom is -0.366 e. The topological polar surface area (TPSA) is 63.4 Å². The molecule has 2 aromatic carbocycles. The second-order valence-electron chi connectivity index (χ2n) is 5.29. The van der Waals surface area contributed by atoms with Gasteiger partial charge in [-0.1, -0.05) is 42.5 Å². The standard InChI is InChI=1S/C18H20N2O2S/c1-20(11-14-6-3-2-4-7-14)17(21)13-23-12-15-8-5-9-16(10-15)18(19)22/h2-10H,11-13H2,1H3,(H2,19,22). The molecule has 2 rings (SSSR count). The number of carbonyl (C=O) groups is 2. The van der Waals surface area contributed by atoms with Crippen LogP contribution in [0.3, 0.4) is 0 Å². The number of nitrogens with two attached hydrogens (primary N) is 1. The summed E-state index contributed by atoms with van der Waals surface area (Å²) in [4.78, 5) is 25.0. The monoisotopic (exact) mass is 328 g/mol. The first-order chi connectivity index (χ1) is 11.1. The summed E-state index contributed by atoms with van der Waals surface area (Å²) in [5, 5.41) is 0. The molecule has 0 aliphatic carbocycles. The van der Waals surface area contributed by atoms with Gasteiger partial charge in [-0.15, -0.1) is 11.8 Å². The maximum Gasteiger partial charge on any atom is 0.248 e. The van der Waals surface area contributed by atoms with E-state index in [4.69, 9.17) is 5.73 Å². The molecule has 0 heterocycles. The van der Waals surface area contributed by atoms with Crippen LogP contribution in [0.15, 0.2) is 54.6 Å². The fourth-order valence-electron chi connectivity index (χ4n) is 2.13. The van der Waals surface area contributed by atoms with Crippen molar-refractivity contribution in [2.45, 2.75) is 12.3 Å². The number of hydrogen-bond acceptors (Lipinski definition) is 3. The maximum atomic E-state index is 12.1. The van der Waals surface area contributed by atoms with Gasteiger partial charge in [-0.2, -0.15) is 0 Å². The third kappa shape index (κ3) is 5.45. The Bertz CT molecular complexity index is 674. The van der Waals surface area contributed by atoms with E-state index >= 15 is 0 Å². The molecule has 0 saturated carbocycles. The Labute approximate surface area is 140 Å². The largest absolute Gasteiger partial charge is 0.366 e. The first kappa shape index (κ1) is 17.1. The van der Waals surface area contributed by atoms with E-state index in [-0.39, 0.29) is 5.91 Å². The van der Waals surface area contributed by atoms with Crippen LogP contribution in [0.1, 0.15) is 21.5 Å². The Kier molecular flexibility index (Phi) is 6.23. The SMILES string of the molecule is CN(Cc1ccccc1)C(=O)CSCc1cccc(C(N)=O)c1. The lowest BCUT2D eigenvalue weighted by Gasteiger charge is -2.17. The summed E-state index contributed by atoms with van der Waals surface area (Å²) in [6, 6.07) is 17.1. The van der Waals surface area contributed by atoms with Crippen molar-refractivity contribution in [3.05, 3.63) is 71.3 Å². The molecular formula is C18H20N2O2S. The summed E-state index contributed by atoms with van der Waals surface area (Å²) in [7, 11) is 1.81. The zero-order valence-electron chi connectivity index (χ0n) is 13.1. The van der Waals surface area contributed by atoms with Gasteiger partial charge in [0.05, 0.1) is 5.75 Å². The number of hydrogen-bond donors (Lipinski definition) is 1. The predicted molar refractivity (Wildman–Crippen MR) is 94.0 cm³/mol. The number of nitrogens with zero attached hydrogens (tertiary/aromatic N) is 1. The lowest BCUT2D eigenvalue weighted by molar-refractivity contribution is -0.127. The van der Waals surface area contributed by atoms with Gasteiger partial charge in [-0.05, 0) is 23.3 Å². The van der Waals surface area contributed by atoms with Crippen molar-refractivity contribution in [3.63, 3.8) is 0 Å². The van der Waals surface area contributed by atoms with Crippen molar-refractivity contribution in [2.24, 2.45) is 5.73 Å². The second-order valence-corrected chi connectivity index (χ2v) is 6.28. The lowest BCUT2D eigenvalue weighted by atomic mass is 10.1. The van der Waals surface area contributed by atoms with E-state index in [1.54, 1.807) is 23.1 Å². The van der Waals surface area contributed by atoms with Gasteiger partial charge in [0.15, 0.2) is 0 Å². The molecule has 0 radical (unpaired) electrons. The molecule has 0 aliphatic rings. The molecule has 0 fully saturated rings. The first-order valence-corrected chi connectivity index (χ1v) is 8.46. The average molecular weight is 328 g/mol. The van der Waals surface area contributed by atoms with Gasteiger partial charge in [-0.3, -0.25) is 9.59 Å². The Morgan fingerprint density at radius 3 is 2.43 bits per heavy atom. The fourth-order valence-corrected chi connectivity index (χ4v) is 3.04. The van der Waals surface area contributed by atoms with Crippen LogP contribution in [0, 0.1) is 0 Å².